The molecule has 2 aromatic rings. The van der Waals surface area contributed by atoms with Crippen LogP contribution in [0, 0.1) is 0 Å². The lowest BCUT2D eigenvalue weighted by atomic mass is 9.92. The fourth-order valence-corrected chi connectivity index (χ4v) is 3.84. The monoisotopic (exact) mass is 466 g/mol. The highest BCUT2D eigenvalue weighted by molar-refractivity contribution is 6.05. The number of Topliss-reactive ketones (excluding diaryl/α,β-unsaturated/α-hetero) is 1. The molecule has 0 radical (unpaired) electrons. The highest BCUT2D eigenvalue weighted by atomic mass is 16.7. The maximum atomic E-state index is 13.3. The minimum absolute atomic E-state index is 0.0476. The summed E-state index contributed by atoms with van der Waals surface area (Å²) in [7, 11) is 0. The van der Waals surface area contributed by atoms with Crippen LogP contribution in [0.3, 0.4) is 0 Å². The first kappa shape index (κ1) is 22.9. The van der Waals surface area contributed by atoms with E-state index in [1.54, 1.807) is 0 Å². The van der Waals surface area contributed by atoms with E-state index in [1.165, 1.54) is 6.92 Å². The second-order valence-electron chi connectivity index (χ2n) is 7.89. The van der Waals surface area contributed by atoms with E-state index < -0.39 is 77.4 Å². The third kappa shape index (κ3) is 3.87. The maximum absolute atomic E-state index is 13.3. The molecule has 2 heterocycles. The van der Waals surface area contributed by atoms with Crippen LogP contribution in [0.4, 0.5) is 0 Å². The van der Waals surface area contributed by atoms with Crippen molar-refractivity contribution in [2.45, 2.75) is 49.8 Å². The molecule has 1 saturated heterocycles. The van der Waals surface area contributed by atoms with Gasteiger partial charge < -0.3 is 55.1 Å². The number of aromatic hydroxyl groups is 5. The number of ether oxygens (including phenoxy) is 3. The van der Waals surface area contributed by atoms with Crippen molar-refractivity contribution >= 4 is 5.78 Å². The molecular weight excluding hydrogens is 444 g/mol. The van der Waals surface area contributed by atoms with Gasteiger partial charge in [0.2, 0.25) is 5.78 Å². The topological polar surface area (TPSA) is 207 Å². The summed E-state index contributed by atoms with van der Waals surface area (Å²) in [5.41, 5.74) is -0.395. The lowest BCUT2D eigenvalue weighted by Gasteiger charge is -2.42. The molecule has 178 valence electrons. The fraction of sp³-hybridized carbons (Fsp3) is 0.381. The summed E-state index contributed by atoms with van der Waals surface area (Å²) < 4.78 is 16.8. The third-order valence-electron chi connectivity index (χ3n) is 5.61. The molecule has 0 aromatic heterocycles. The zero-order valence-corrected chi connectivity index (χ0v) is 17.1. The first-order chi connectivity index (χ1) is 15.5. The lowest BCUT2D eigenvalue weighted by molar-refractivity contribution is -0.304. The number of phenols is 5. The molecule has 8 N–H and O–H groups in total. The van der Waals surface area contributed by atoms with E-state index in [9.17, 15) is 45.6 Å². The zero-order chi connectivity index (χ0) is 24.2. The zero-order valence-electron chi connectivity index (χ0n) is 17.1. The van der Waals surface area contributed by atoms with Crippen molar-refractivity contribution in [1.29, 1.82) is 0 Å². The number of fused-ring (bicyclic) bond motifs is 1. The summed E-state index contributed by atoms with van der Waals surface area (Å²) in [6.45, 7) is 1.41. The van der Waals surface area contributed by atoms with Crippen LogP contribution in [0.25, 0.3) is 0 Å². The molecule has 7 atom stereocenters. The number of rotatable bonds is 3. The molecule has 1 unspecified atom stereocenters. The molecule has 12 heteroatoms. The van der Waals surface area contributed by atoms with Crippen LogP contribution < -0.4 is 4.74 Å². The van der Waals surface area contributed by atoms with Crippen LogP contribution in [0.2, 0.25) is 0 Å². The summed E-state index contributed by atoms with van der Waals surface area (Å²) in [5, 5.41) is 79.7. The summed E-state index contributed by atoms with van der Waals surface area (Å²) >= 11 is 0. The van der Waals surface area contributed by atoms with Gasteiger partial charge in [0.25, 0.3) is 0 Å². The highest BCUT2D eigenvalue weighted by Crippen LogP contribution is 2.46. The Hall–Kier alpha value is -3.29. The second kappa shape index (κ2) is 8.24. The summed E-state index contributed by atoms with van der Waals surface area (Å²) in [6.07, 6.45) is -10.5. The van der Waals surface area contributed by atoms with Crippen molar-refractivity contribution in [2.75, 3.05) is 0 Å². The van der Waals surface area contributed by atoms with Gasteiger partial charge in [0.15, 0.2) is 35.7 Å². The van der Waals surface area contributed by atoms with Crippen LogP contribution in [-0.4, -0.2) is 83.4 Å². The predicted octanol–water partition coefficient (Wildman–Crippen LogP) is -0.256. The standard InChI is InChI=1S/C21H22O12/c1-6-14(26)17(29)18(30)21(31-6)33-20-16(28)13-9(23)4-8(22)5-12(13)32-19(20)7-2-10(24)15(27)11(25)3-7/h2-6,14,17-27,29-30H,1H3/t6-,14-,17+,18+,19-,20+,21?/m1/s1. The number of hydrogen-bond acceptors (Lipinski definition) is 12. The number of hydrogen-bond donors (Lipinski definition) is 8. The van der Waals surface area contributed by atoms with Crippen LogP contribution >= 0.6 is 0 Å². The van der Waals surface area contributed by atoms with Gasteiger partial charge in [-0.05, 0) is 19.1 Å². The van der Waals surface area contributed by atoms with Crippen molar-refractivity contribution in [2.24, 2.45) is 0 Å². The molecule has 0 bridgehead atoms. The Bertz CT molecular complexity index is 1060. The van der Waals surface area contributed by atoms with E-state index in [1.807, 2.05) is 0 Å². The summed E-state index contributed by atoms with van der Waals surface area (Å²) in [5.74, 6) is -4.40. The second-order valence-corrected chi connectivity index (χ2v) is 7.89. The van der Waals surface area contributed by atoms with Gasteiger partial charge in [-0.15, -0.1) is 0 Å². The Morgan fingerprint density at radius 1 is 0.848 bits per heavy atom. The first-order valence-corrected chi connectivity index (χ1v) is 9.86. The normalized spacial score (nSPS) is 31.6. The van der Waals surface area contributed by atoms with Gasteiger partial charge in [0.1, 0.15) is 41.1 Å². The van der Waals surface area contributed by atoms with Gasteiger partial charge in [0.05, 0.1) is 6.10 Å². The molecule has 2 aliphatic rings. The van der Waals surface area contributed by atoms with Crippen LogP contribution in [0.5, 0.6) is 34.5 Å². The number of benzene rings is 2. The van der Waals surface area contributed by atoms with Crippen molar-refractivity contribution in [3.63, 3.8) is 0 Å². The lowest BCUT2D eigenvalue weighted by Crippen LogP contribution is -2.59. The summed E-state index contributed by atoms with van der Waals surface area (Å²) in [6, 6.07) is 3.96. The number of aliphatic hydroxyl groups excluding tert-OH is 3. The third-order valence-corrected chi connectivity index (χ3v) is 5.61. The highest BCUT2D eigenvalue weighted by Gasteiger charge is 2.48. The predicted molar refractivity (Wildman–Crippen MR) is 106 cm³/mol. The number of ketones is 1. The van der Waals surface area contributed by atoms with Crippen molar-refractivity contribution in [3.8, 4) is 34.5 Å². The van der Waals surface area contributed by atoms with E-state index in [-0.39, 0.29) is 16.9 Å². The SMILES string of the molecule is C[C@H]1OC(O[C@H]2C(=O)c3c(O)cc(O)cc3O[C@@H]2c2cc(O)c(O)c(O)c2)[C@@H](O)[C@@H](O)[C@@H]1O. The molecule has 33 heavy (non-hydrogen) atoms. The Balaban J connectivity index is 1.78. The Kier molecular flexibility index (Phi) is 5.72. The average molecular weight is 466 g/mol. The fourth-order valence-electron chi connectivity index (χ4n) is 3.84. The molecule has 0 spiro atoms. The number of carbonyl (C=O) groups is 1. The number of aliphatic hydroxyl groups is 3. The smallest absolute Gasteiger partial charge is 0.203 e. The Morgan fingerprint density at radius 2 is 1.48 bits per heavy atom. The Labute approximate surface area is 186 Å². The van der Waals surface area contributed by atoms with E-state index >= 15 is 0 Å². The molecule has 0 saturated carbocycles. The molecule has 0 aliphatic carbocycles. The maximum Gasteiger partial charge on any atom is 0.203 e. The van der Waals surface area contributed by atoms with Crippen LogP contribution in [0.1, 0.15) is 28.9 Å². The van der Waals surface area contributed by atoms with E-state index in [2.05, 4.69) is 0 Å². The van der Waals surface area contributed by atoms with Gasteiger partial charge in [-0.1, -0.05) is 0 Å². The van der Waals surface area contributed by atoms with Gasteiger partial charge in [-0.3, -0.25) is 4.79 Å². The number of carbonyl (C=O) groups excluding carboxylic acids is 1. The molecular formula is C21H22O12. The van der Waals surface area contributed by atoms with Gasteiger partial charge >= 0.3 is 0 Å². The van der Waals surface area contributed by atoms with Crippen molar-refractivity contribution in [3.05, 3.63) is 35.4 Å². The first-order valence-electron chi connectivity index (χ1n) is 9.86. The molecule has 0 amide bonds. The molecule has 2 aromatic carbocycles. The number of phenolic OH excluding ortho intramolecular Hbond substituents is 5. The minimum Gasteiger partial charge on any atom is -0.508 e. The Morgan fingerprint density at radius 3 is 2.12 bits per heavy atom. The van der Waals surface area contributed by atoms with Crippen molar-refractivity contribution in [1.82, 2.24) is 0 Å². The molecule has 4 rings (SSSR count). The van der Waals surface area contributed by atoms with Gasteiger partial charge in [-0.25, -0.2) is 0 Å². The molecule has 1 fully saturated rings. The van der Waals surface area contributed by atoms with Crippen LogP contribution in [0.15, 0.2) is 24.3 Å². The van der Waals surface area contributed by atoms with E-state index in [0.717, 1.165) is 24.3 Å². The molecule has 2 aliphatic heterocycles. The van der Waals surface area contributed by atoms with Crippen molar-refractivity contribution < 1.29 is 59.9 Å². The minimum atomic E-state index is -1.76. The molecule has 12 nitrogen and oxygen atoms in total. The average Bonchev–Trinajstić information content (AvgIpc) is 2.74. The van der Waals surface area contributed by atoms with E-state index in [4.69, 9.17) is 14.2 Å². The largest absolute Gasteiger partial charge is 0.508 e. The van der Waals surface area contributed by atoms with E-state index in [0.29, 0.717) is 0 Å². The van der Waals surface area contributed by atoms with Crippen LogP contribution in [-0.2, 0) is 9.47 Å². The van der Waals surface area contributed by atoms with Gasteiger partial charge in [0, 0.05) is 17.7 Å². The van der Waals surface area contributed by atoms with Gasteiger partial charge in [-0.2, -0.15) is 0 Å². The quantitative estimate of drug-likeness (QED) is 0.275. The summed E-state index contributed by atoms with van der Waals surface area (Å²) in [4.78, 5) is 13.3.